The first-order chi connectivity index (χ1) is 12.6. The largest absolute Gasteiger partial charge is 0.371 e. The van der Waals surface area contributed by atoms with Crippen LogP contribution in [-0.4, -0.2) is 42.0 Å². The maximum absolute atomic E-state index is 12.7. The Kier molecular flexibility index (Phi) is 4.38. The number of nitriles is 2. The van der Waals surface area contributed by atoms with Gasteiger partial charge in [-0.05, 0) is 43.9 Å². The molecule has 3 fully saturated rings. The van der Waals surface area contributed by atoms with Crippen LogP contribution < -0.4 is 10.2 Å². The molecule has 7 heteroatoms. The molecule has 134 valence electrons. The van der Waals surface area contributed by atoms with Crippen LogP contribution in [0.4, 0.5) is 5.69 Å². The van der Waals surface area contributed by atoms with Crippen molar-refractivity contribution in [2.45, 2.75) is 43.8 Å². The van der Waals surface area contributed by atoms with Crippen LogP contribution in [0.2, 0.25) is 5.02 Å². The summed E-state index contributed by atoms with van der Waals surface area (Å²) in [6, 6.07) is 7.96. The lowest BCUT2D eigenvalue weighted by molar-refractivity contribution is -0.125. The van der Waals surface area contributed by atoms with E-state index in [9.17, 15) is 10.1 Å². The maximum Gasteiger partial charge on any atom is 0.225 e. The van der Waals surface area contributed by atoms with Gasteiger partial charge in [0.2, 0.25) is 5.91 Å². The van der Waals surface area contributed by atoms with Crippen LogP contribution in [0.15, 0.2) is 18.2 Å². The summed E-state index contributed by atoms with van der Waals surface area (Å²) < 4.78 is 0. The number of anilines is 1. The third-order valence-electron chi connectivity index (χ3n) is 5.92. The Morgan fingerprint density at radius 3 is 2.81 bits per heavy atom. The van der Waals surface area contributed by atoms with Gasteiger partial charge in [0.25, 0.3) is 0 Å². The van der Waals surface area contributed by atoms with Crippen molar-refractivity contribution < 1.29 is 4.79 Å². The summed E-state index contributed by atoms with van der Waals surface area (Å²) in [6.07, 6.45) is 5.97. The van der Waals surface area contributed by atoms with E-state index in [1.165, 1.54) is 0 Å². The molecular formula is C19H20ClN5O. The van der Waals surface area contributed by atoms with E-state index in [0.717, 1.165) is 37.9 Å². The number of hydrogen-bond acceptors (Lipinski definition) is 5. The van der Waals surface area contributed by atoms with E-state index in [2.05, 4.69) is 22.5 Å². The number of rotatable bonds is 3. The van der Waals surface area contributed by atoms with E-state index in [0.29, 0.717) is 23.2 Å². The Labute approximate surface area is 157 Å². The van der Waals surface area contributed by atoms with Crippen molar-refractivity contribution in [3.8, 4) is 12.3 Å². The predicted molar refractivity (Wildman–Crippen MR) is 97.3 cm³/mol. The number of nitrogens with one attached hydrogen (secondary N) is 1. The third-order valence-corrected chi connectivity index (χ3v) is 6.13. The molecule has 1 aromatic rings. The van der Waals surface area contributed by atoms with Gasteiger partial charge in [0.1, 0.15) is 0 Å². The van der Waals surface area contributed by atoms with E-state index in [4.69, 9.17) is 16.9 Å². The normalized spacial score (nSPS) is 29.5. The first-order valence-corrected chi connectivity index (χ1v) is 9.41. The van der Waals surface area contributed by atoms with Gasteiger partial charge in [-0.25, -0.2) is 0 Å². The highest BCUT2D eigenvalue weighted by atomic mass is 35.5. The minimum atomic E-state index is -0.0748. The van der Waals surface area contributed by atoms with E-state index in [1.54, 1.807) is 6.07 Å². The quantitative estimate of drug-likeness (QED) is 0.826. The highest BCUT2D eigenvalue weighted by Gasteiger charge is 2.47. The number of hydrogen-bond donors (Lipinski definition) is 1. The van der Waals surface area contributed by atoms with Crippen molar-refractivity contribution in [2.24, 2.45) is 5.92 Å². The lowest BCUT2D eigenvalue weighted by Gasteiger charge is -2.24. The molecule has 3 aliphatic rings. The van der Waals surface area contributed by atoms with E-state index in [-0.39, 0.29) is 23.9 Å². The SMILES string of the molecule is N#Cc1cc(Cl)cc(N2CC[C@H](C(=O)N[C@@H]3C[C@@H]4CC[C@H]3N4C#N)C2)c1. The van der Waals surface area contributed by atoms with Crippen LogP contribution in [0.1, 0.15) is 31.2 Å². The Balaban J connectivity index is 1.39. The molecule has 1 N–H and O–H groups in total. The second-order valence-electron chi connectivity index (χ2n) is 7.40. The summed E-state index contributed by atoms with van der Waals surface area (Å²) >= 11 is 6.09. The fraction of sp³-hybridized carbons (Fsp3) is 0.526. The minimum Gasteiger partial charge on any atom is -0.371 e. The molecule has 1 amide bonds. The van der Waals surface area contributed by atoms with E-state index in [1.807, 2.05) is 17.0 Å². The number of halogens is 1. The Morgan fingerprint density at radius 1 is 1.23 bits per heavy atom. The zero-order valence-corrected chi connectivity index (χ0v) is 15.1. The van der Waals surface area contributed by atoms with Gasteiger partial charge in [0.15, 0.2) is 6.19 Å². The monoisotopic (exact) mass is 369 g/mol. The molecule has 3 heterocycles. The second kappa shape index (κ2) is 6.70. The Morgan fingerprint density at radius 2 is 2.08 bits per heavy atom. The summed E-state index contributed by atoms with van der Waals surface area (Å²) in [5, 5.41) is 22.1. The molecule has 26 heavy (non-hydrogen) atoms. The summed E-state index contributed by atoms with van der Waals surface area (Å²) in [4.78, 5) is 16.7. The summed E-state index contributed by atoms with van der Waals surface area (Å²) in [5.74, 6) is -0.000320. The zero-order valence-electron chi connectivity index (χ0n) is 14.4. The predicted octanol–water partition coefficient (Wildman–Crippen LogP) is 2.24. The van der Waals surface area contributed by atoms with E-state index < -0.39 is 0 Å². The van der Waals surface area contributed by atoms with E-state index >= 15 is 0 Å². The van der Waals surface area contributed by atoms with Gasteiger partial charge in [0.05, 0.1) is 29.6 Å². The minimum absolute atomic E-state index is 0.0745. The fourth-order valence-electron chi connectivity index (χ4n) is 4.63. The molecule has 3 aliphatic heterocycles. The van der Waals surface area contributed by atoms with Gasteiger partial charge < -0.3 is 15.1 Å². The fourth-order valence-corrected chi connectivity index (χ4v) is 4.86. The van der Waals surface area contributed by atoms with Crippen LogP contribution in [-0.2, 0) is 4.79 Å². The molecule has 0 saturated carbocycles. The molecular weight excluding hydrogens is 350 g/mol. The topological polar surface area (TPSA) is 83.2 Å². The summed E-state index contributed by atoms with van der Waals surface area (Å²) in [7, 11) is 0. The third kappa shape index (κ3) is 2.95. The van der Waals surface area contributed by atoms with Crippen molar-refractivity contribution in [1.82, 2.24) is 10.2 Å². The number of carbonyl (C=O) groups is 1. The van der Waals surface area contributed by atoms with Crippen LogP contribution in [0.3, 0.4) is 0 Å². The summed E-state index contributed by atoms with van der Waals surface area (Å²) in [5.41, 5.74) is 1.42. The first kappa shape index (κ1) is 17.0. The molecule has 1 aromatic carbocycles. The highest BCUT2D eigenvalue weighted by molar-refractivity contribution is 6.31. The molecule has 3 saturated heterocycles. The molecule has 0 unspecified atom stereocenters. The molecule has 0 aliphatic carbocycles. The smallest absolute Gasteiger partial charge is 0.225 e. The average Bonchev–Trinajstić information content (AvgIpc) is 3.35. The van der Waals surface area contributed by atoms with Crippen molar-refractivity contribution in [3.63, 3.8) is 0 Å². The lowest BCUT2D eigenvalue weighted by Crippen LogP contribution is -2.46. The Bertz CT molecular complexity index is 813. The molecule has 0 spiro atoms. The second-order valence-corrected chi connectivity index (χ2v) is 7.83. The van der Waals surface area contributed by atoms with Gasteiger partial charge in [-0.15, -0.1) is 0 Å². The zero-order chi connectivity index (χ0) is 18.3. The molecule has 0 aromatic heterocycles. The highest BCUT2D eigenvalue weighted by Crippen LogP contribution is 2.37. The molecule has 0 radical (unpaired) electrons. The molecule has 4 rings (SSSR count). The maximum atomic E-state index is 12.7. The van der Waals surface area contributed by atoms with Crippen LogP contribution in [0.25, 0.3) is 0 Å². The van der Waals surface area contributed by atoms with Crippen LogP contribution in [0.5, 0.6) is 0 Å². The Hall–Kier alpha value is -2.44. The standard InChI is InChI=1S/C19H20ClN5O/c20-14-5-12(9-21)6-16(7-14)24-4-3-13(10-24)19(26)23-17-8-15-1-2-18(17)25(15)11-22/h5-7,13,15,17-18H,1-4,8,10H2,(H,23,26)/t13-,15-,17+,18+/m0/s1. The first-order valence-electron chi connectivity index (χ1n) is 9.03. The average molecular weight is 370 g/mol. The lowest BCUT2D eigenvalue weighted by atomic mass is 9.95. The van der Waals surface area contributed by atoms with Gasteiger partial charge in [-0.1, -0.05) is 11.6 Å². The molecule has 4 atom stereocenters. The van der Waals surface area contributed by atoms with Crippen LogP contribution in [0, 0.1) is 28.7 Å². The van der Waals surface area contributed by atoms with Gasteiger partial charge in [0, 0.05) is 29.8 Å². The van der Waals surface area contributed by atoms with Gasteiger partial charge in [-0.2, -0.15) is 10.5 Å². The van der Waals surface area contributed by atoms with Gasteiger partial charge >= 0.3 is 0 Å². The molecule has 6 nitrogen and oxygen atoms in total. The van der Waals surface area contributed by atoms with Gasteiger partial charge in [-0.3, -0.25) is 4.79 Å². The summed E-state index contributed by atoms with van der Waals surface area (Å²) in [6.45, 7) is 1.39. The van der Waals surface area contributed by atoms with Crippen molar-refractivity contribution in [3.05, 3.63) is 28.8 Å². The number of amides is 1. The number of carbonyl (C=O) groups excluding carboxylic acids is 1. The molecule has 2 bridgehead atoms. The van der Waals surface area contributed by atoms with Crippen molar-refractivity contribution in [2.75, 3.05) is 18.0 Å². The van der Waals surface area contributed by atoms with Crippen molar-refractivity contribution >= 4 is 23.2 Å². The number of fused-ring (bicyclic) bond motifs is 2. The number of benzene rings is 1. The van der Waals surface area contributed by atoms with Crippen LogP contribution >= 0.6 is 11.6 Å². The van der Waals surface area contributed by atoms with Crippen molar-refractivity contribution in [1.29, 1.82) is 10.5 Å². The number of nitrogens with zero attached hydrogens (tertiary/aromatic N) is 4.